The van der Waals surface area contributed by atoms with E-state index < -0.39 is 0 Å². The number of aromatic nitrogens is 2. The van der Waals surface area contributed by atoms with E-state index in [4.69, 9.17) is 10.6 Å². The zero-order chi connectivity index (χ0) is 15.1. The van der Waals surface area contributed by atoms with Crippen molar-refractivity contribution in [1.29, 1.82) is 0 Å². The van der Waals surface area contributed by atoms with E-state index in [1.807, 2.05) is 42.1 Å². The molecule has 0 aliphatic rings. The van der Waals surface area contributed by atoms with Crippen LogP contribution in [0.4, 0.5) is 0 Å². The molecular weight excluding hydrogens is 264 g/mol. The van der Waals surface area contributed by atoms with E-state index in [0.717, 1.165) is 24.2 Å². The average Bonchev–Trinajstić information content (AvgIpc) is 2.97. The van der Waals surface area contributed by atoms with Crippen molar-refractivity contribution in [3.05, 3.63) is 53.9 Å². The number of hydrogen-bond acceptors (Lipinski definition) is 4. The number of nitrogens with one attached hydrogen (secondary N) is 1. The number of aryl methyl sites for hydroxylation is 1. The maximum Gasteiger partial charge on any atom is 0.105 e. The van der Waals surface area contributed by atoms with Gasteiger partial charge in [0.1, 0.15) is 6.10 Å². The fourth-order valence-electron chi connectivity index (χ4n) is 2.54. The average molecular weight is 288 g/mol. The topological polar surface area (TPSA) is 65.1 Å². The summed E-state index contributed by atoms with van der Waals surface area (Å²) in [7, 11) is 0. The molecule has 5 nitrogen and oxygen atoms in total. The Kier molecular flexibility index (Phi) is 5.92. The van der Waals surface area contributed by atoms with Gasteiger partial charge in [-0.15, -0.1) is 0 Å². The van der Waals surface area contributed by atoms with Crippen molar-refractivity contribution < 1.29 is 4.74 Å². The standard InChI is InChI=1S/C16H24N4O/c1-3-12-20-14(10-11-18-20)15(19-17)16(21-4-2)13-8-6-5-7-9-13/h5-11,15-16,19H,3-4,12,17H2,1-2H3. The van der Waals surface area contributed by atoms with Gasteiger partial charge in [-0.2, -0.15) is 5.10 Å². The van der Waals surface area contributed by atoms with E-state index in [-0.39, 0.29) is 12.1 Å². The zero-order valence-corrected chi connectivity index (χ0v) is 12.7. The van der Waals surface area contributed by atoms with Crippen molar-refractivity contribution in [2.45, 2.75) is 39.0 Å². The number of nitrogens with zero attached hydrogens (tertiary/aromatic N) is 2. The van der Waals surface area contributed by atoms with Gasteiger partial charge in [0.15, 0.2) is 0 Å². The van der Waals surface area contributed by atoms with E-state index in [0.29, 0.717) is 6.61 Å². The van der Waals surface area contributed by atoms with Gasteiger partial charge in [0.25, 0.3) is 0 Å². The third-order valence-electron chi connectivity index (χ3n) is 3.46. The van der Waals surface area contributed by atoms with Crippen molar-refractivity contribution >= 4 is 0 Å². The van der Waals surface area contributed by atoms with Crippen molar-refractivity contribution in [2.75, 3.05) is 6.61 Å². The molecule has 0 amide bonds. The van der Waals surface area contributed by atoms with Gasteiger partial charge in [0.05, 0.1) is 11.7 Å². The van der Waals surface area contributed by atoms with E-state index in [2.05, 4.69) is 29.6 Å². The molecule has 2 unspecified atom stereocenters. The van der Waals surface area contributed by atoms with Gasteiger partial charge in [0.2, 0.25) is 0 Å². The van der Waals surface area contributed by atoms with Crippen molar-refractivity contribution in [3.63, 3.8) is 0 Å². The molecule has 0 radical (unpaired) electrons. The molecule has 1 aromatic carbocycles. The van der Waals surface area contributed by atoms with Crippen LogP contribution in [0.15, 0.2) is 42.6 Å². The summed E-state index contributed by atoms with van der Waals surface area (Å²) in [6.07, 6.45) is 2.69. The number of hydrazine groups is 1. The molecule has 1 heterocycles. The van der Waals surface area contributed by atoms with Crippen LogP contribution in [0, 0.1) is 0 Å². The minimum atomic E-state index is -0.145. The first kappa shape index (κ1) is 15.7. The molecule has 21 heavy (non-hydrogen) atoms. The van der Waals surface area contributed by atoms with Crippen LogP contribution in [0.25, 0.3) is 0 Å². The summed E-state index contributed by atoms with van der Waals surface area (Å²) in [4.78, 5) is 0. The lowest BCUT2D eigenvalue weighted by atomic mass is 10.00. The summed E-state index contributed by atoms with van der Waals surface area (Å²) in [5, 5.41) is 4.38. The normalized spacial score (nSPS) is 14.0. The highest BCUT2D eigenvalue weighted by molar-refractivity contribution is 5.22. The minimum Gasteiger partial charge on any atom is -0.372 e. The van der Waals surface area contributed by atoms with E-state index in [9.17, 15) is 0 Å². The predicted molar refractivity (Wildman–Crippen MR) is 83.4 cm³/mol. The minimum absolute atomic E-state index is 0.138. The van der Waals surface area contributed by atoms with E-state index in [1.165, 1.54) is 0 Å². The molecule has 0 aliphatic heterocycles. The van der Waals surface area contributed by atoms with Crippen molar-refractivity contribution in [1.82, 2.24) is 15.2 Å². The lowest BCUT2D eigenvalue weighted by molar-refractivity contribution is 0.0303. The maximum absolute atomic E-state index is 5.95. The monoisotopic (exact) mass is 288 g/mol. The zero-order valence-electron chi connectivity index (χ0n) is 12.7. The van der Waals surface area contributed by atoms with Crippen molar-refractivity contribution in [2.24, 2.45) is 5.84 Å². The molecule has 0 fully saturated rings. The Bertz CT molecular complexity index is 526. The number of benzene rings is 1. The fourth-order valence-corrected chi connectivity index (χ4v) is 2.54. The first-order valence-electron chi connectivity index (χ1n) is 7.46. The quantitative estimate of drug-likeness (QED) is 0.579. The Balaban J connectivity index is 2.33. The highest BCUT2D eigenvalue weighted by Crippen LogP contribution is 2.31. The Labute approximate surface area is 126 Å². The van der Waals surface area contributed by atoms with Crippen LogP contribution < -0.4 is 11.3 Å². The molecule has 3 N–H and O–H groups in total. The fraction of sp³-hybridized carbons (Fsp3) is 0.438. The van der Waals surface area contributed by atoms with E-state index in [1.54, 1.807) is 0 Å². The van der Waals surface area contributed by atoms with Crippen LogP contribution in [0.3, 0.4) is 0 Å². The molecule has 0 spiro atoms. The van der Waals surface area contributed by atoms with Crippen molar-refractivity contribution in [3.8, 4) is 0 Å². The Morgan fingerprint density at radius 1 is 1.24 bits per heavy atom. The first-order valence-corrected chi connectivity index (χ1v) is 7.46. The Hall–Kier alpha value is -1.69. The molecule has 0 bridgehead atoms. The van der Waals surface area contributed by atoms with Gasteiger partial charge in [-0.1, -0.05) is 37.3 Å². The second-order valence-electron chi connectivity index (χ2n) is 4.91. The van der Waals surface area contributed by atoms with E-state index >= 15 is 0 Å². The van der Waals surface area contributed by atoms with Crippen LogP contribution in [0.5, 0.6) is 0 Å². The van der Waals surface area contributed by atoms with Gasteiger partial charge >= 0.3 is 0 Å². The van der Waals surface area contributed by atoms with Gasteiger partial charge in [-0.25, -0.2) is 5.43 Å². The summed E-state index contributed by atoms with van der Waals surface area (Å²) >= 11 is 0. The molecule has 1 aromatic heterocycles. The molecule has 2 atom stereocenters. The summed E-state index contributed by atoms with van der Waals surface area (Å²) < 4.78 is 7.94. The lowest BCUT2D eigenvalue weighted by Crippen LogP contribution is -2.35. The lowest BCUT2D eigenvalue weighted by Gasteiger charge is -2.27. The molecule has 114 valence electrons. The van der Waals surface area contributed by atoms with Crippen LogP contribution in [-0.4, -0.2) is 16.4 Å². The van der Waals surface area contributed by atoms with Crippen LogP contribution in [0.1, 0.15) is 43.7 Å². The molecule has 5 heteroatoms. The third kappa shape index (κ3) is 3.69. The molecule has 0 aliphatic carbocycles. The number of hydrogen-bond donors (Lipinski definition) is 2. The number of ether oxygens (including phenoxy) is 1. The second kappa shape index (κ2) is 7.93. The maximum atomic E-state index is 5.95. The van der Waals surface area contributed by atoms with Crippen LogP contribution >= 0.6 is 0 Å². The van der Waals surface area contributed by atoms with Gasteiger partial charge in [0, 0.05) is 19.3 Å². The summed E-state index contributed by atoms with van der Waals surface area (Å²) in [5.74, 6) is 5.83. The van der Waals surface area contributed by atoms with Gasteiger partial charge in [-0.3, -0.25) is 10.5 Å². The Morgan fingerprint density at radius 3 is 2.62 bits per heavy atom. The SMILES string of the molecule is CCCn1nccc1C(NN)C(OCC)c1ccccc1. The highest BCUT2D eigenvalue weighted by Gasteiger charge is 2.27. The second-order valence-corrected chi connectivity index (χ2v) is 4.91. The molecule has 2 rings (SSSR count). The summed E-state index contributed by atoms with van der Waals surface area (Å²) in [6, 6.07) is 12.0. The summed E-state index contributed by atoms with van der Waals surface area (Å²) in [5.41, 5.74) is 5.05. The van der Waals surface area contributed by atoms with Gasteiger partial charge < -0.3 is 4.74 Å². The van der Waals surface area contributed by atoms with Crippen LogP contribution in [-0.2, 0) is 11.3 Å². The number of rotatable bonds is 8. The Morgan fingerprint density at radius 2 is 2.00 bits per heavy atom. The molecular formula is C16H24N4O. The molecule has 2 aromatic rings. The molecule has 0 saturated heterocycles. The molecule has 0 saturated carbocycles. The number of nitrogens with two attached hydrogens (primary N) is 1. The summed E-state index contributed by atoms with van der Waals surface area (Å²) in [6.45, 7) is 5.62. The third-order valence-corrected chi connectivity index (χ3v) is 3.46. The van der Waals surface area contributed by atoms with Crippen LogP contribution in [0.2, 0.25) is 0 Å². The first-order chi connectivity index (χ1) is 10.3. The largest absolute Gasteiger partial charge is 0.372 e. The smallest absolute Gasteiger partial charge is 0.105 e. The van der Waals surface area contributed by atoms with Gasteiger partial charge in [-0.05, 0) is 25.0 Å². The predicted octanol–water partition coefficient (Wildman–Crippen LogP) is 2.58. The highest BCUT2D eigenvalue weighted by atomic mass is 16.5.